The maximum absolute atomic E-state index is 11.5. The van der Waals surface area contributed by atoms with E-state index in [1.54, 1.807) is 35.2 Å². The van der Waals surface area contributed by atoms with E-state index in [4.69, 9.17) is 9.83 Å². The second kappa shape index (κ2) is 6.03. The molecule has 2 heterocycles. The van der Waals surface area contributed by atoms with Crippen LogP contribution in [0.4, 0.5) is 5.69 Å². The van der Waals surface area contributed by atoms with Crippen molar-refractivity contribution in [1.82, 2.24) is 4.98 Å². The number of methoxy groups -OCH3 is 1. The summed E-state index contributed by atoms with van der Waals surface area (Å²) in [5, 5.41) is 18.8. The number of nitrogens with one attached hydrogen (secondary N) is 1. The summed E-state index contributed by atoms with van der Waals surface area (Å²) in [6.07, 6.45) is 0. The molecule has 7 heteroatoms. The third-order valence-corrected chi connectivity index (χ3v) is 4.21. The van der Waals surface area contributed by atoms with Crippen molar-refractivity contribution in [1.29, 1.82) is 5.41 Å². The van der Waals surface area contributed by atoms with Gasteiger partial charge in [0.2, 0.25) is 5.89 Å². The SMILES string of the molecule is COC(=O)c1ccc(N2CC(O)=C(c3nc4ccccc4o3)C2=N)cc1. The maximum atomic E-state index is 11.5. The van der Waals surface area contributed by atoms with E-state index in [0.717, 1.165) is 0 Å². The number of para-hydroxylation sites is 2. The lowest BCUT2D eigenvalue weighted by Gasteiger charge is -2.18. The number of aromatic nitrogens is 1. The zero-order chi connectivity index (χ0) is 18.3. The fourth-order valence-corrected chi connectivity index (χ4v) is 2.90. The topological polar surface area (TPSA) is 99.7 Å². The Kier molecular flexibility index (Phi) is 3.69. The average Bonchev–Trinajstić information content (AvgIpc) is 3.21. The number of aliphatic hydroxyl groups is 1. The van der Waals surface area contributed by atoms with Crippen LogP contribution in [0, 0.1) is 5.41 Å². The van der Waals surface area contributed by atoms with Crippen LogP contribution in [0.2, 0.25) is 0 Å². The van der Waals surface area contributed by atoms with Crippen molar-refractivity contribution in [2.24, 2.45) is 0 Å². The standard InChI is InChI=1S/C19H15N3O4/c1-25-19(24)11-6-8-12(9-7-11)22-10-14(23)16(17(22)20)18-21-13-4-2-3-5-15(13)26-18/h2-9,20,23H,10H2,1H3. The second-order valence-electron chi connectivity index (χ2n) is 5.78. The van der Waals surface area contributed by atoms with E-state index in [1.165, 1.54) is 7.11 Å². The molecular formula is C19H15N3O4. The Morgan fingerprint density at radius 1 is 1.23 bits per heavy atom. The quantitative estimate of drug-likeness (QED) is 0.703. The lowest BCUT2D eigenvalue weighted by Crippen LogP contribution is -2.26. The van der Waals surface area contributed by atoms with Gasteiger partial charge in [0.25, 0.3) is 0 Å². The third-order valence-electron chi connectivity index (χ3n) is 4.21. The van der Waals surface area contributed by atoms with Crippen LogP contribution in [-0.2, 0) is 4.74 Å². The Bertz CT molecular complexity index is 1020. The highest BCUT2D eigenvalue weighted by atomic mass is 16.5. The number of esters is 1. The highest BCUT2D eigenvalue weighted by Crippen LogP contribution is 2.32. The molecule has 2 N–H and O–H groups in total. The predicted octanol–water partition coefficient (Wildman–Crippen LogP) is 3.38. The molecule has 0 unspecified atom stereocenters. The molecule has 1 aromatic heterocycles. The molecule has 0 spiro atoms. The van der Waals surface area contributed by atoms with Crippen LogP contribution >= 0.6 is 0 Å². The average molecular weight is 349 g/mol. The van der Waals surface area contributed by atoms with Gasteiger partial charge in [0.15, 0.2) is 5.58 Å². The minimum absolute atomic E-state index is 0.0126. The summed E-state index contributed by atoms with van der Waals surface area (Å²) < 4.78 is 10.4. The Balaban J connectivity index is 1.65. The lowest BCUT2D eigenvalue weighted by molar-refractivity contribution is 0.0600. The number of anilines is 1. The second-order valence-corrected chi connectivity index (χ2v) is 5.78. The van der Waals surface area contributed by atoms with Crippen LogP contribution in [-0.4, -0.2) is 35.5 Å². The number of hydrogen-bond donors (Lipinski definition) is 2. The van der Waals surface area contributed by atoms with Crippen molar-refractivity contribution in [2.45, 2.75) is 0 Å². The molecule has 26 heavy (non-hydrogen) atoms. The van der Waals surface area contributed by atoms with Gasteiger partial charge in [-0.1, -0.05) is 12.1 Å². The van der Waals surface area contributed by atoms with Crippen molar-refractivity contribution in [3.05, 3.63) is 65.7 Å². The van der Waals surface area contributed by atoms with Crippen LogP contribution in [0.25, 0.3) is 16.7 Å². The Morgan fingerprint density at radius 3 is 2.65 bits per heavy atom. The summed E-state index contributed by atoms with van der Waals surface area (Å²) in [5.41, 5.74) is 2.60. The smallest absolute Gasteiger partial charge is 0.337 e. The van der Waals surface area contributed by atoms with Gasteiger partial charge in [0.1, 0.15) is 22.7 Å². The van der Waals surface area contributed by atoms with Crippen molar-refractivity contribution in [3.8, 4) is 0 Å². The largest absolute Gasteiger partial charge is 0.509 e. The van der Waals surface area contributed by atoms with Crippen LogP contribution in [0.1, 0.15) is 16.2 Å². The number of nitrogens with zero attached hydrogens (tertiary/aromatic N) is 2. The molecule has 0 amide bonds. The first-order chi connectivity index (χ1) is 12.6. The molecule has 0 atom stereocenters. The molecule has 1 aliphatic heterocycles. The Morgan fingerprint density at radius 2 is 1.96 bits per heavy atom. The molecule has 0 aliphatic carbocycles. The molecule has 0 saturated carbocycles. The van der Waals surface area contributed by atoms with Gasteiger partial charge < -0.3 is 19.2 Å². The first-order valence-electron chi connectivity index (χ1n) is 7.91. The summed E-state index contributed by atoms with van der Waals surface area (Å²) in [5.74, 6) is -0.123. The van der Waals surface area contributed by atoms with Gasteiger partial charge >= 0.3 is 5.97 Å². The lowest BCUT2D eigenvalue weighted by atomic mass is 10.2. The molecule has 7 nitrogen and oxygen atoms in total. The summed E-state index contributed by atoms with van der Waals surface area (Å²) in [6, 6.07) is 13.9. The zero-order valence-corrected chi connectivity index (χ0v) is 13.9. The normalized spacial score (nSPS) is 14.3. The number of oxazole rings is 1. The number of carbonyl (C=O) groups is 1. The van der Waals surface area contributed by atoms with Crippen molar-refractivity contribution in [3.63, 3.8) is 0 Å². The molecule has 4 rings (SSSR count). The highest BCUT2D eigenvalue weighted by molar-refractivity contribution is 6.30. The van der Waals surface area contributed by atoms with Gasteiger partial charge in [-0.3, -0.25) is 5.41 Å². The van der Waals surface area contributed by atoms with E-state index >= 15 is 0 Å². The molecule has 1 aliphatic rings. The third kappa shape index (κ3) is 2.50. The minimum Gasteiger partial charge on any atom is -0.509 e. The molecule has 130 valence electrons. The number of hydrogen-bond acceptors (Lipinski definition) is 6. The molecule has 0 fully saturated rings. The number of rotatable bonds is 3. The van der Waals surface area contributed by atoms with E-state index in [2.05, 4.69) is 9.72 Å². The van der Waals surface area contributed by atoms with Crippen LogP contribution in [0.15, 0.2) is 58.7 Å². The molecule has 3 aromatic rings. The van der Waals surface area contributed by atoms with E-state index in [9.17, 15) is 9.90 Å². The van der Waals surface area contributed by atoms with E-state index in [0.29, 0.717) is 22.4 Å². The monoisotopic (exact) mass is 349 g/mol. The zero-order valence-electron chi connectivity index (χ0n) is 13.9. The molecule has 0 radical (unpaired) electrons. The number of amidine groups is 1. The highest BCUT2D eigenvalue weighted by Gasteiger charge is 2.32. The number of aliphatic hydroxyl groups excluding tert-OH is 1. The van der Waals surface area contributed by atoms with E-state index < -0.39 is 5.97 Å². The summed E-state index contributed by atoms with van der Waals surface area (Å²) >= 11 is 0. The Hall–Kier alpha value is -3.61. The van der Waals surface area contributed by atoms with Gasteiger partial charge in [-0.05, 0) is 36.4 Å². The number of benzene rings is 2. The van der Waals surface area contributed by atoms with Crippen molar-refractivity contribution in [2.75, 3.05) is 18.6 Å². The number of fused-ring (bicyclic) bond motifs is 1. The molecule has 2 aromatic carbocycles. The van der Waals surface area contributed by atoms with E-state index in [-0.39, 0.29) is 29.6 Å². The Labute approximate surface area is 148 Å². The van der Waals surface area contributed by atoms with Gasteiger partial charge in [-0.2, -0.15) is 0 Å². The molecular weight excluding hydrogens is 334 g/mol. The summed E-state index contributed by atoms with van der Waals surface area (Å²) in [7, 11) is 1.32. The van der Waals surface area contributed by atoms with Crippen LogP contribution in [0.5, 0.6) is 0 Å². The first kappa shape index (κ1) is 15.9. The van der Waals surface area contributed by atoms with Gasteiger partial charge in [-0.25, -0.2) is 9.78 Å². The summed E-state index contributed by atoms with van der Waals surface area (Å²) in [4.78, 5) is 17.5. The van der Waals surface area contributed by atoms with Crippen molar-refractivity contribution >= 4 is 34.2 Å². The molecule has 0 bridgehead atoms. The van der Waals surface area contributed by atoms with Gasteiger partial charge in [0, 0.05) is 5.69 Å². The predicted molar refractivity (Wildman–Crippen MR) is 96.4 cm³/mol. The maximum Gasteiger partial charge on any atom is 0.337 e. The van der Waals surface area contributed by atoms with Gasteiger partial charge in [-0.15, -0.1) is 0 Å². The van der Waals surface area contributed by atoms with E-state index in [1.807, 2.05) is 18.2 Å². The fraction of sp³-hybridized carbons (Fsp3) is 0.105. The fourth-order valence-electron chi connectivity index (χ4n) is 2.90. The number of carbonyl (C=O) groups excluding carboxylic acids is 1. The van der Waals surface area contributed by atoms with Crippen molar-refractivity contribution < 1.29 is 19.1 Å². The van der Waals surface area contributed by atoms with Crippen LogP contribution in [0.3, 0.4) is 0 Å². The number of ether oxygens (including phenoxy) is 1. The molecule has 0 saturated heterocycles. The first-order valence-corrected chi connectivity index (χ1v) is 7.91. The minimum atomic E-state index is -0.429. The summed E-state index contributed by atoms with van der Waals surface area (Å²) in [6.45, 7) is 0.129. The van der Waals surface area contributed by atoms with Gasteiger partial charge in [0.05, 0.1) is 19.2 Å². The van der Waals surface area contributed by atoms with Crippen LogP contribution < -0.4 is 4.90 Å².